The molecule has 164 valence electrons. The minimum Gasteiger partial charge on any atom is -0.493 e. The summed E-state index contributed by atoms with van der Waals surface area (Å²) in [6, 6.07) is 9.16. The Labute approximate surface area is 198 Å². The number of aromatic nitrogens is 2. The summed E-state index contributed by atoms with van der Waals surface area (Å²) in [4.78, 5) is 17.8. The molecule has 1 aromatic heterocycles. The number of rotatable bonds is 7. The largest absolute Gasteiger partial charge is 0.493 e. The van der Waals surface area contributed by atoms with E-state index in [1.54, 1.807) is 19.4 Å². The minimum atomic E-state index is -0.217. The fourth-order valence-corrected chi connectivity index (χ4v) is 3.76. The average molecular weight is 551 g/mol. The van der Waals surface area contributed by atoms with Gasteiger partial charge in [0.1, 0.15) is 5.82 Å². The van der Waals surface area contributed by atoms with E-state index >= 15 is 0 Å². The molecule has 0 spiro atoms. The maximum Gasteiger partial charge on any atom is 0.282 e. The molecule has 0 radical (unpaired) electrons. The van der Waals surface area contributed by atoms with E-state index in [9.17, 15) is 4.79 Å². The quantitative estimate of drug-likeness (QED) is 0.333. The number of hydrogen-bond acceptors (Lipinski definition) is 5. The predicted molar refractivity (Wildman–Crippen MR) is 132 cm³/mol. The summed E-state index contributed by atoms with van der Waals surface area (Å²) in [5.74, 6) is 1.86. The second kappa shape index (κ2) is 9.96. The molecular weight excluding hydrogens is 526 g/mol. The summed E-state index contributed by atoms with van der Waals surface area (Å²) >= 11 is 7.00. The van der Waals surface area contributed by atoms with Gasteiger partial charge in [-0.2, -0.15) is 9.78 Å². The molecule has 2 aromatic carbocycles. The first kappa shape index (κ1) is 23.5. The first-order valence-electron chi connectivity index (χ1n) is 10.1. The third kappa shape index (κ3) is 5.18. The number of fused-ring (bicyclic) bond motifs is 1. The molecule has 31 heavy (non-hydrogen) atoms. The second-order valence-corrected chi connectivity index (χ2v) is 9.28. The van der Waals surface area contributed by atoms with Crippen molar-refractivity contribution in [3.8, 4) is 11.5 Å². The SMILES string of the molecule is CC[C@@H](C)Oc1cc(Br)c(C=Nn2c(C(C)C)nc3ccc(Br)cc3c2=O)cc1OC. The van der Waals surface area contributed by atoms with Gasteiger partial charge in [-0.15, -0.1) is 0 Å². The standard InChI is InChI=1S/C23H25Br2N3O3/c1-6-14(4)31-21-11-18(25)15(9-20(21)30-5)12-26-28-22(13(2)3)27-19-8-7-16(24)10-17(19)23(28)29/h7-14H,6H2,1-5H3/t14-/m1/s1. The molecule has 0 saturated carbocycles. The Kier molecular flexibility index (Phi) is 7.54. The van der Waals surface area contributed by atoms with Crippen molar-refractivity contribution in [2.24, 2.45) is 5.10 Å². The Balaban J connectivity index is 2.10. The molecule has 3 rings (SSSR count). The van der Waals surface area contributed by atoms with Crippen LogP contribution in [-0.4, -0.2) is 29.1 Å². The molecule has 3 aromatic rings. The Morgan fingerprint density at radius 2 is 1.90 bits per heavy atom. The van der Waals surface area contributed by atoms with Crippen LogP contribution in [0.4, 0.5) is 0 Å². The first-order valence-corrected chi connectivity index (χ1v) is 11.6. The highest BCUT2D eigenvalue weighted by molar-refractivity contribution is 9.10. The van der Waals surface area contributed by atoms with Gasteiger partial charge < -0.3 is 9.47 Å². The van der Waals surface area contributed by atoms with Gasteiger partial charge in [-0.1, -0.05) is 36.7 Å². The van der Waals surface area contributed by atoms with Crippen molar-refractivity contribution in [2.75, 3.05) is 7.11 Å². The molecular formula is C23H25Br2N3O3. The summed E-state index contributed by atoms with van der Waals surface area (Å²) in [7, 11) is 1.60. The van der Waals surface area contributed by atoms with E-state index in [0.717, 1.165) is 20.9 Å². The number of hydrogen-bond donors (Lipinski definition) is 0. The smallest absolute Gasteiger partial charge is 0.282 e. The molecule has 0 bridgehead atoms. The van der Waals surface area contributed by atoms with Crippen LogP contribution >= 0.6 is 31.9 Å². The van der Waals surface area contributed by atoms with Crippen molar-refractivity contribution in [1.29, 1.82) is 0 Å². The van der Waals surface area contributed by atoms with Crippen molar-refractivity contribution >= 4 is 49.0 Å². The zero-order valence-corrected chi connectivity index (χ0v) is 21.3. The highest BCUT2D eigenvalue weighted by Gasteiger charge is 2.15. The van der Waals surface area contributed by atoms with E-state index in [1.165, 1.54) is 4.68 Å². The zero-order chi connectivity index (χ0) is 22.7. The number of benzene rings is 2. The third-order valence-corrected chi connectivity index (χ3v) is 6.03. The summed E-state index contributed by atoms with van der Waals surface area (Å²) in [6.07, 6.45) is 2.57. The Hall–Kier alpha value is -2.19. The van der Waals surface area contributed by atoms with Gasteiger partial charge in [-0.3, -0.25) is 4.79 Å². The normalized spacial score (nSPS) is 12.6. The van der Waals surface area contributed by atoms with Gasteiger partial charge in [0.25, 0.3) is 5.56 Å². The Morgan fingerprint density at radius 3 is 2.55 bits per heavy atom. The highest BCUT2D eigenvalue weighted by Crippen LogP contribution is 2.34. The molecule has 1 heterocycles. The van der Waals surface area contributed by atoms with Gasteiger partial charge in [-0.05, 0) is 59.6 Å². The van der Waals surface area contributed by atoms with Gasteiger partial charge in [0.2, 0.25) is 0 Å². The van der Waals surface area contributed by atoms with Crippen LogP contribution in [0.2, 0.25) is 0 Å². The van der Waals surface area contributed by atoms with Gasteiger partial charge >= 0.3 is 0 Å². The minimum absolute atomic E-state index is 0.0159. The molecule has 0 unspecified atom stereocenters. The number of ether oxygens (including phenoxy) is 2. The first-order chi connectivity index (χ1) is 14.7. The lowest BCUT2D eigenvalue weighted by Gasteiger charge is -2.16. The fourth-order valence-electron chi connectivity index (χ4n) is 2.97. The van der Waals surface area contributed by atoms with Crippen LogP contribution in [0.5, 0.6) is 11.5 Å². The lowest BCUT2D eigenvalue weighted by Crippen LogP contribution is -2.23. The Bertz CT molecular complexity index is 1190. The van der Waals surface area contributed by atoms with Gasteiger partial charge in [-0.25, -0.2) is 4.98 Å². The van der Waals surface area contributed by atoms with Crippen molar-refractivity contribution in [2.45, 2.75) is 46.1 Å². The number of halogens is 2. The molecule has 0 saturated heterocycles. The van der Waals surface area contributed by atoms with E-state index in [0.29, 0.717) is 28.2 Å². The summed E-state index contributed by atoms with van der Waals surface area (Å²) < 4.78 is 14.4. The topological polar surface area (TPSA) is 65.7 Å². The third-order valence-electron chi connectivity index (χ3n) is 4.85. The van der Waals surface area contributed by atoms with E-state index in [4.69, 9.17) is 9.47 Å². The van der Waals surface area contributed by atoms with Crippen LogP contribution in [0.15, 0.2) is 49.2 Å². The fraction of sp³-hybridized carbons (Fsp3) is 0.348. The maximum absolute atomic E-state index is 13.2. The number of nitrogens with zero attached hydrogens (tertiary/aromatic N) is 3. The average Bonchev–Trinajstić information content (AvgIpc) is 2.74. The molecule has 8 heteroatoms. The van der Waals surface area contributed by atoms with Crippen molar-refractivity contribution < 1.29 is 9.47 Å². The molecule has 0 aliphatic heterocycles. The molecule has 0 aliphatic rings. The second-order valence-electron chi connectivity index (χ2n) is 7.51. The maximum atomic E-state index is 13.2. The van der Waals surface area contributed by atoms with E-state index in [2.05, 4.69) is 48.9 Å². The van der Waals surface area contributed by atoms with Crippen LogP contribution in [0, 0.1) is 0 Å². The molecule has 1 atom stereocenters. The molecule has 0 N–H and O–H groups in total. The van der Waals surface area contributed by atoms with Gasteiger partial charge in [0.15, 0.2) is 11.5 Å². The van der Waals surface area contributed by atoms with E-state index in [-0.39, 0.29) is 17.6 Å². The molecule has 0 fully saturated rings. The van der Waals surface area contributed by atoms with Crippen LogP contribution in [0.25, 0.3) is 10.9 Å². The van der Waals surface area contributed by atoms with Crippen molar-refractivity contribution in [1.82, 2.24) is 9.66 Å². The van der Waals surface area contributed by atoms with E-state index in [1.807, 2.05) is 45.0 Å². The highest BCUT2D eigenvalue weighted by atomic mass is 79.9. The lowest BCUT2D eigenvalue weighted by molar-refractivity contribution is 0.207. The monoisotopic (exact) mass is 549 g/mol. The summed E-state index contributed by atoms with van der Waals surface area (Å²) in [6.45, 7) is 8.04. The number of methoxy groups -OCH3 is 1. The molecule has 6 nitrogen and oxygen atoms in total. The zero-order valence-electron chi connectivity index (χ0n) is 18.1. The van der Waals surface area contributed by atoms with Crippen LogP contribution in [0.3, 0.4) is 0 Å². The van der Waals surface area contributed by atoms with Gasteiger partial charge in [0, 0.05) is 20.4 Å². The Morgan fingerprint density at radius 1 is 1.16 bits per heavy atom. The van der Waals surface area contributed by atoms with Crippen molar-refractivity contribution in [3.05, 3.63) is 61.0 Å². The predicted octanol–water partition coefficient (Wildman–Crippen LogP) is 6.11. The lowest BCUT2D eigenvalue weighted by atomic mass is 10.2. The summed E-state index contributed by atoms with van der Waals surface area (Å²) in [5, 5.41) is 5.00. The van der Waals surface area contributed by atoms with Crippen LogP contribution in [0.1, 0.15) is 51.4 Å². The molecule has 0 amide bonds. The summed E-state index contributed by atoms with van der Waals surface area (Å²) in [5.41, 5.74) is 1.19. The van der Waals surface area contributed by atoms with Crippen LogP contribution < -0.4 is 15.0 Å². The van der Waals surface area contributed by atoms with Gasteiger partial charge in [0.05, 0.1) is 30.3 Å². The van der Waals surface area contributed by atoms with Crippen LogP contribution in [-0.2, 0) is 0 Å². The van der Waals surface area contributed by atoms with E-state index < -0.39 is 0 Å². The molecule has 0 aliphatic carbocycles. The van der Waals surface area contributed by atoms with Crippen molar-refractivity contribution in [3.63, 3.8) is 0 Å².